The number of ether oxygens (including phenoxy) is 1. The van der Waals surface area contributed by atoms with Gasteiger partial charge in [-0.05, 0) is 18.6 Å². The van der Waals surface area contributed by atoms with Gasteiger partial charge in [-0.3, -0.25) is 0 Å². The fourth-order valence-electron chi connectivity index (χ4n) is 2.70. The van der Waals surface area contributed by atoms with Crippen LogP contribution < -0.4 is 4.90 Å². The highest BCUT2D eigenvalue weighted by Gasteiger charge is 2.17. The van der Waals surface area contributed by atoms with Gasteiger partial charge >= 0.3 is 0 Å². The minimum absolute atomic E-state index is 0.810. The Hall–Kier alpha value is -1.55. The molecule has 0 bridgehead atoms. The van der Waals surface area contributed by atoms with Crippen molar-refractivity contribution in [2.75, 3.05) is 44.8 Å². The molecule has 2 aliphatic rings. The highest BCUT2D eigenvalue weighted by atomic mass is 16.5. The molecule has 2 heterocycles. The van der Waals surface area contributed by atoms with E-state index in [9.17, 15) is 0 Å². The molecule has 4 heteroatoms. The van der Waals surface area contributed by atoms with Gasteiger partial charge in [-0.15, -0.1) is 0 Å². The Labute approximate surface area is 114 Å². The molecular weight excluding hydrogens is 238 g/mol. The summed E-state index contributed by atoms with van der Waals surface area (Å²) in [6.07, 6.45) is 2.31. The smallest absolute Gasteiger partial charge is 0.105 e. The van der Waals surface area contributed by atoms with Gasteiger partial charge in [0.1, 0.15) is 5.84 Å². The summed E-state index contributed by atoms with van der Waals surface area (Å²) in [5.41, 5.74) is 2.33. The molecule has 102 valence electrons. The van der Waals surface area contributed by atoms with Crippen LogP contribution >= 0.6 is 0 Å². The first-order chi connectivity index (χ1) is 9.34. The molecule has 1 aromatic rings. The van der Waals surface area contributed by atoms with Crippen molar-refractivity contribution < 1.29 is 4.74 Å². The topological polar surface area (TPSA) is 28.1 Å². The third kappa shape index (κ3) is 2.73. The molecule has 0 spiro atoms. The van der Waals surface area contributed by atoms with Gasteiger partial charge in [-0.2, -0.15) is 0 Å². The molecule has 0 radical (unpaired) electrons. The van der Waals surface area contributed by atoms with Crippen molar-refractivity contribution in [3.63, 3.8) is 0 Å². The van der Waals surface area contributed by atoms with Crippen molar-refractivity contribution >= 4 is 17.2 Å². The van der Waals surface area contributed by atoms with Crippen LogP contribution in [0.15, 0.2) is 29.3 Å². The number of morpholine rings is 1. The Bertz CT molecular complexity index is 466. The third-order valence-electron chi connectivity index (χ3n) is 3.82. The molecule has 0 amide bonds. The summed E-state index contributed by atoms with van der Waals surface area (Å²) < 4.78 is 5.43. The quantitative estimate of drug-likeness (QED) is 0.815. The van der Waals surface area contributed by atoms with Crippen LogP contribution in [0.3, 0.4) is 0 Å². The molecule has 3 rings (SSSR count). The molecule has 4 nitrogen and oxygen atoms in total. The normalized spacial score (nSPS) is 22.3. The van der Waals surface area contributed by atoms with E-state index in [0.29, 0.717) is 0 Å². The van der Waals surface area contributed by atoms with Crippen molar-refractivity contribution in [2.24, 2.45) is 4.99 Å². The summed E-state index contributed by atoms with van der Waals surface area (Å²) >= 11 is 0. The van der Waals surface area contributed by atoms with E-state index in [1.54, 1.807) is 0 Å². The van der Waals surface area contributed by atoms with E-state index >= 15 is 0 Å². The largest absolute Gasteiger partial charge is 0.378 e. The molecule has 19 heavy (non-hydrogen) atoms. The van der Waals surface area contributed by atoms with Gasteiger partial charge in [-0.1, -0.05) is 12.1 Å². The van der Waals surface area contributed by atoms with Crippen LogP contribution in [-0.4, -0.2) is 50.6 Å². The lowest BCUT2D eigenvalue weighted by atomic mass is 10.2. The average molecular weight is 259 g/mol. The maximum Gasteiger partial charge on any atom is 0.105 e. The second-order valence-corrected chi connectivity index (χ2v) is 5.14. The number of anilines is 1. The van der Waals surface area contributed by atoms with Gasteiger partial charge < -0.3 is 14.5 Å². The molecule has 0 N–H and O–H groups in total. The Kier molecular flexibility index (Phi) is 3.69. The van der Waals surface area contributed by atoms with E-state index in [2.05, 4.69) is 41.1 Å². The summed E-state index contributed by atoms with van der Waals surface area (Å²) in [4.78, 5) is 9.51. The highest BCUT2D eigenvalue weighted by molar-refractivity contribution is 5.88. The molecule has 2 aliphatic heterocycles. The Morgan fingerprint density at radius 3 is 2.63 bits per heavy atom. The fourth-order valence-corrected chi connectivity index (χ4v) is 2.70. The van der Waals surface area contributed by atoms with Crippen LogP contribution in [-0.2, 0) is 4.74 Å². The Balaban J connectivity index is 1.88. The Morgan fingerprint density at radius 2 is 1.89 bits per heavy atom. The van der Waals surface area contributed by atoms with Crippen LogP contribution in [0.5, 0.6) is 0 Å². The lowest BCUT2D eigenvalue weighted by Crippen LogP contribution is -2.36. The number of rotatable bonds is 2. The van der Waals surface area contributed by atoms with Gasteiger partial charge in [0.25, 0.3) is 0 Å². The van der Waals surface area contributed by atoms with E-state index < -0.39 is 0 Å². The van der Waals surface area contributed by atoms with E-state index in [1.807, 2.05) is 0 Å². The molecule has 0 atom stereocenters. The predicted octanol–water partition coefficient (Wildman–Crippen LogP) is 2.28. The van der Waals surface area contributed by atoms with Gasteiger partial charge in [0.05, 0.1) is 24.6 Å². The van der Waals surface area contributed by atoms with E-state index in [-0.39, 0.29) is 0 Å². The summed E-state index contributed by atoms with van der Waals surface area (Å²) in [6.45, 7) is 4.66. The number of benzene rings is 1. The summed E-state index contributed by atoms with van der Waals surface area (Å²) in [5.74, 6) is 1.21. The molecule has 2 fully saturated rings. The third-order valence-corrected chi connectivity index (χ3v) is 3.82. The number of hydrogen-bond acceptors (Lipinski definition) is 3. The van der Waals surface area contributed by atoms with Crippen LogP contribution in [0, 0.1) is 0 Å². The van der Waals surface area contributed by atoms with E-state index in [4.69, 9.17) is 9.73 Å². The summed E-state index contributed by atoms with van der Waals surface area (Å²) in [5, 5.41) is 0. The number of amidine groups is 1. The van der Waals surface area contributed by atoms with E-state index in [0.717, 1.165) is 45.0 Å². The van der Waals surface area contributed by atoms with Crippen LogP contribution in [0.2, 0.25) is 0 Å². The maximum atomic E-state index is 5.43. The molecule has 0 unspecified atom stereocenters. The van der Waals surface area contributed by atoms with Crippen molar-refractivity contribution in [3.05, 3.63) is 24.3 Å². The first-order valence-corrected chi connectivity index (χ1v) is 7.05. The number of para-hydroxylation sites is 2. The molecule has 0 aliphatic carbocycles. The maximum absolute atomic E-state index is 5.43. The van der Waals surface area contributed by atoms with Crippen LogP contribution in [0.25, 0.3) is 0 Å². The zero-order valence-electron chi connectivity index (χ0n) is 11.5. The van der Waals surface area contributed by atoms with Crippen molar-refractivity contribution in [1.29, 1.82) is 0 Å². The Morgan fingerprint density at radius 1 is 1.11 bits per heavy atom. The summed E-state index contributed by atoms with van der Waals surface area (Å²) in [6, 6.07) is 8.44. The lowest BCUT2D eigenvalue weighted by Gasteiger charge is -2.29. The van der Waals surface area contributed by atoms with Crippen molar-refractivity contribution in [2.45, 2.75) is 12.8 Å². The molecule has 0 aromatic heterocycles. The second kappa shape index (κ2) is 5.61. The SMILES string of the molecule is CN1CCC/C1=N\c1ccccc1N1CCOCC1. The van der Waals surface area contributed by atoms with Gasteiger partial charge in [0, 0.05) is 33.1 Å². The number of likely N-dealkylation sites (tertiary alicyclic amines) is 1. The molecule has 0 saturated carbocycles. The first-order valence-electron chi connectivity index (χ1n) is 7.05. The van der Waals surface area contributed by atoms with Gasteiger partial charge in [-0.25, -0.2) is 4.99 Å². The monoisotopic (exact) mass is 259 g/mol. The van der Waals surface area contributed by atoms with Crippen LogP contribution in [0.1, 0.15) is 12.8 Å². The minimum atomic E-state index is 0.810. The molecule has 1 aromatic carbocycles. The fraction of sp³-hybridized carbons (Fsp3) is 0.533. The zero-order valence-corrected chi connectivity index (χ0v) is 11.5. The van der Waals surface area contributed by atoms with Crippen LogP contribution in [0.4, 0.5) is 11.4 Å². The standard InChI is InChI=1S/C15H21N3O/c1-17-8-4-7-15(17)16-13-5-2-3-6-14(13)18-9-11-19-12-10-18/h2-3,5-6H,4,7-12H2,1H3/b16-15+. The average Bonchev–Trinajstić information content (AvgIpc) is 2.86. The highest BCUT2D eigenvalue weighted by Crippen LogP contribution is 2.30. The zero-order chi connectivity index (χ0) is 13.1. The minimum Gasteiger partial charge on any atom is -0.378 e. The van der Waals surface area contributed by atoms with Gasteiger partial charge in [0.2, 0.25) is 0 Å². The first kappa shape index (κ1) is 12.5. The number of hydrogen-bond donors (Lipinski definition) is 0. The molecular formula is C15H21N3O. The number of nitrogens with zero attached hydrogens (tertiary/aromatic N) is 3. The predicted molar refractivity (Wildman–Crippen MR) is 78.4 cm³/mol. The molecule has 2 saturated heterocycles. The number of aliphatic imine (C=N–C) groups is 1. The van der Waals surface area contributed by atoms with Gasteiger partial charge in [0.15, 0.2) is 0 Å². The summed E-state index contributed by atoms with van der Waals surface area (Å²) in [7, 11) is 2.13. The van der Waals surface area contributed by atoms with Crippen molar-refractivity contribution in [3.8, 4) is 0 Å². The lowest BCUT2D eigenvalue weighted by molar-refractivity contribution is 0.123. The second-order valence-electron chi connectivity index (χ2n) is 5.14. The van der Waals surface area contributed by atoms with E-state index in [1.165, 1.54) is 17.9 Å². The van der Waals surface area contributed by atoms with Crippen molar-refractivity contribution in [1.82, 2.24) is 4.90 Å².